The molecule has 0 fully saturated rings. The summed E-state index contributed by atoms with van der Waals surface area (Å²) in [6.07, 6.45) is 1.89. The molecule has 78 valence electrons. The molecule has 0 aliphatic rings. The van der Waals surface area contributed by atoms with Gasteiger partial charge in [0.25, 0.3) is 0 Å². The van der Waals surface area contributed by atoms with Crippen LogP contribution in [0.25, 0.3) is 0 Å². The van der Waals surface area contributed by atoms with Crippen LogP contribution < -0.4 is 0 Å². The lowest BCUT2D eigenvalue weighted by molar-refractivity contribution is 0.627. The highest BCUT2D eigenvalue weighted by atomic mass is 79.9. The summed E-state index contributed by atoms with van der Waals surface area (Å²) >= 11 is 8.64. The topological polar surface area (TPSA) is 28.7 Å². The number of aryl methyl sites for hydroxylation is 1. The Bertz CT molecular complexity index is 371. The summed E-state index contributed by atoms with van der Waals surface area (Å²) in [6, 6.07) is 0. The average molecular weight is 275 g/mol. The first-order valence-corrected chi connectivity index (χ1v) is 6.02. The predicted octanol–water partition coefficient (Wildman–Crippen LogP) is 3.66. The molecular formula is C10H15BrN2S. The van der Waals surface area contributed by atoms with Gasteiger partial charge < -0.3 is 4.98 Å². The molecule has 0 bridgehead atoms. The van der Waals surface area contributed by atoms with E-state index < -0.39 is 0 Å². The van der Waals surface area contributed by atoms with Crippen LogP contribution in [0.1, 0.15) is 32.3 Å². The van der Waals surface area contributed by atoms with E-state index in [9.17, 15) is 0 Å². The highest BCUT2D eigenvalue weighted by Gasteiger charge is 2.07. The fourth-order valence-corrected chi connectivity index (χ4v) is 1.86. The summed E-state index contributed by atoms with van der Waals surface area (Å²) in [5.74, 6) is 1.58. The van der Waals surface area contributed by atoms with E-state index >= 15 is 0 Å². The van der Waals surface area contributed by atoms with E-state index in [0.29, 0.717) is 10.6 Å². The van der Waals surface area contributed by atoms with Gasteiger partial charge in [0, 0.05) is 12.1 Å². The number of rotatable bonds is 3. The lowest BCUT2D eigenvalue weighted by Gasteiger charge is -2.09. The van der Waals surface area contributed by atoms with Gasteiger partial charge in [-0.25, -0.2) is 4.98 Å². The fourth-order valence-electron chi connectivity index (χ4n) is 1.27. The van der Waals surface area contributed by atoms with Gasteiger partial charge in [-0.05, 0) is 28.3 Å². The Kier molecular flexibility index (Phi) is 4.26. The van der Waals surface area contributed by atoms with E-state index in [1.54, 1.807) is 0 Å². The first-order valence-electron chi connectivity index (χ1n) is 4.82. The molecule has 1 aromatic rings. The molecular weight excluding hydrogens is 260 g/mol. The van der Waals surface area contributed by atoms with Crippen molar-refractivity contribution in [2.75, 3.05) is 0 Å². The maximum Gasteiger partial charge on any atom is 0.144 e. The molecule has 1 aromatic heterocycles. The standard InChI is InChI=1S/C10H15BrN2S/c1-4-8-12-7(5-6(2)3)9(11)10(14)13-8/h6H,4-5H2,1-3H3,(H,12,13,14). The molecule has 14 heavy (non-hydrogen) atoms. The predicted molar refractivity (Wildman–Crippen MR) is 65.0 cm³/mol. The van der Waals surface area contributed by atoms with Gasteiger partial charge in [-0.3, -0.25) is 0 Å². The maximum atomic E-state index is 5.17. The van der Waals surface area contributed by atoms with Gasteiger partial charge in [0.1, 0.15) is 10.5 Å². The largest absolute Gasteiger partial charge is 0.346 e. The Balaban J connectivity index is 3.14. The van der Waals surface area contributed by atoms with Crippen molar-refractivity contribution in [3.8, 4) is 0 Å². The second kappa shape index (κ2) is 5.03. The van der Waals surface area contributed by atoms with Crippen LogP contribution in [-0.2, 0) is 12.8 Å². The molecule has 0 aromatic carbocycles. The van der Waals surface area contributed by atoms with Crippen molar-refractivity contribution in [2.24, 2.45) is 5.92 Å². The second-order valence-corrected chi connectivity index (χ2v) is 4.91. The number of nitrogens with one attached hydrogen (secondary N) is 1. The minimum absolute atomic E-state index is 0.615. The summed E-state index contributed by atoms with van der Waals surface area (Å²) < 4.78 is 1.61. The van der Waals surface area contributed by atoms with Crippen LogP contribution in [0, 0.1) is 10.6 Å². The average Bonchev–Trinajstić information content (AvgIpc) is 2.11. The molecule has 0 aliphatic carbocycles. The minimum Gasteiger partial charge on any atom is -0.346 e. The van der Waals surface area contributed by atoms with Gasteiger partial charge in [0.2, 0.25) is 0 Å². The maximum absolute atomic E-state index is 5.17. The van der Waals surface area contributed by atoms with Crippen molar-refractivity contribution < 1.29 is 0 Å². The van der Waals surface area contributed by atoms with Gasteiger partial charge in [-0.2, -0.15) is 0 Å². The first kappa shape index (κ1) is 11.9. The zero-order valence-electron chi connectivity index (χ0n) is 8.72. The highest BCUT2D eigenvalue weighted by molar-refractivity contribution is 9.10. The van der Waals surface area contributed by atoms with Crippen molar-refractivity contribution in [3.63, 3.8) is 0 Å². The summed E-state index contributed by atoms with van der Waals surface area (Å²) in [5, 5.41) is 0. The Morgan fingerprint density at radius 1 is 1.50 bits per heavy atom. The Morgan fingerprint density at radius 3 is 2.64 bits per heavy atom. The number of H-pyrrole nitrogens is 1. The lowest BCUT2D eigenvalue weighted by atomic mass is 10.1. The Morgan fingerprint density at radius 2 is 2.14 bits per heavy atom. The van der Waals surface area contributed by atoms with Crippen molar-refractivity contribution >= 4 is 28.1 Å². The zero-order chi connectivity index (χ0) is 10.7. The first-order chi connectivity index (χ1) is 6.54. The normalized spacial score (nSPS) is 10.9. The van der Waals surface area contributed by atoms with Crippen LogP contribution in [0.4, 0.5) is 0 Å². The van der Waals surface area contributed by atoms with Crippen molar-refractivity contribution in [1.82, 2.24) is 9.97 Å². The molecule has 1 heterocycles. The number of nitrogens with zero attached hydrogens (tertiary/aromatic N) is 1. The minimum atomic E-state index is 0.615. The van der Waals surface area contributed by atoms with Crippen LogP contribution in [0.15, 0.2) is 4.47 Å². The summed E-state index contributed by atoms with van der Waals surface area (Å²) in [4.78, 5) is 7.58. The van der Waals surface area contributed by atoms with E-state index in [-0.39, 0.29) is 0 Å². The van der Waals surface area contributed by atoms with Crippen LogP contribution in [0.5, 0.6) is 0 Å². The summed E-state index contributed by atoms with van der Waals surface area (Å²) in [5.41, 5.74) is 1.16. The fraction of sp³-hybridized carbons (Fsp3) is 0.600. The third kappa shape index (κ3) is 2.89. The van der Waals surface area contributed by atoms with Gasteiger partial charge >= 0.3 is 0 Å². The van der Waals surface area contributed by atoms with E-state index in [0.717, 1.165) is 28.8 Å². The lowest BCUT2D eigenvalue weighted by Crippen LogP contribution is -2.04. The number of aromatic amines is 1. The molecule has 0 saturated heterocycles. The summed E-state index contributed by atoms with van der Waals surface area (Å²) in [7, 11) is 0. The smallest absolute Gasteiger partial charge is 0.144 e. The number of aromatic nitrogens is 2. The molecule has 0 amide bonds. The SMILES string of the molecule is CCc1nc(=S)c(Br)c(CC(C)C)[nH]1. The summed E-state index contributed by atoms with van der Waals surface area (Å²) in [6.45, 7) is 6.45. The molecule has 2 nitrogen and oxygen atoms in total. The van der Waals surface area contributed by atoms with Crippen LogP contribution >= 0.6 is 28.1 Å². The van der Waals surface area contributed by atoms with E-state index in [1.807, 2.05) is 0 Å². The van der Waals surface area contributed by atoms with Gasteiger partial charge in [-0.15, -0.1) is 0 Å². The Hall–Kier alpha value is -0.220. The third-order valence-corrected chi connectivity index (χ3v) is 3.34. The number of hydrogen-bond acceptors (Lipinski definition) is 2. The molecule has 0 radical (unpaired) electrons. The van der Waals surface area contributed by atoms with Crippen molar-refractivity contribution in [2.45, 2.75) is 33.6 Å². The van der Waals surface area contributed by atoms with E-state index in [2.05, 4.69) is 46.7 Å². The molecule has 0 aliphatic heterocycles. The molecule has 0 spiro atoms. The third-order valence-electron chi connectivity index (χ3n) is 1.93. The van der Waals surface area contributed by atoms with Gasteiger partial charge in [-0.1, -0.05) is 33.0 Å². The second-order valence-electron chi connectivity index (χ2n) is 3.73. The number of halogens is 1. The zero-order valence-corrected chi connectivity index (χ0v) is 11.1. The molecule has 4 heteroatoms. The molecule has 0 unspecified atom stereocenters. The van der Waals surface area contributed by atoms with Crippen LogP contribution in [0.2, 0.25) is 0 Å². The molecule has 0 saturated carbocycles. The van der Waals surface area contributed by atoms with Gasteiger partial charge in [0.05, 0.1) is 4.47 Å². The monoisotopic (exact) mass is 274 g/mol. The molecule has 1 rings (SSSR count). The van der Waals surface area contributed by atoms with Crippen LogP contribution in [0.3, 0.4) is 0 Å². The quantitative estimate of drug-likeness (QED) is 0.853. The Labute approximate surface area is 98.3 Å². The van der Waals surface area contributed by atoms with E-state index in [1.165, 1.54) is 0 Å². The van der Waals surface area contributed by atoms with Crippen molar-refractivity contribution in [1.29, 1.82) is 0 Å². The number of hydrogen-bond donors (Lipinski definition) is 1. The van der Waals surface area contributed by atoms with Gasteiger partial charge in [0.15, 0.2) is 0 Å². The molecule has 0 atom stereocenters. The molecule has 1 N–H and O–H groups in total. The van der Waals surface area contributed by atoms with Crippen LogP contribution in [-0.4, -0.2) is 9.97 Å². The highest BCUT2D eigenvalue weighted by Crippen LogP contribution is 2.18. The van der Waals surface area contributed by atoms with E-state index in [4.69, 9.17) is 12.2 Å². The van der Waals surface area contributed by atoms with Crippen molar-refractivity contribution in [3.05, 3.63) is 20.6 Å².